The molecule has 4 nitrogen and oxygen atoms in total. The molecule has 18 heavy (non-hydrogen) atoms. The van der Waals surface area contributed by atoms with Gasteiger partial charge in [-0.1, -0.05) is 18.5 Å². The third-order valence-corrected chi connectivity index (χ3v) is 2.96. The molecule has 2 heterocycles. The summed E-state index contributed by atoms with van der Waals surface area (Å²) in [6, 6.07) is 4.38. The van der Waals surface area contributed by atoms with Crippen LogP contribution < -0.4 is 5.56 Å². The third-order valence-electron chi connectivity index (χ3n) is 2.75. The van der Waals surface area contributed by atoms with Crippen LogP contribution in [-0.4, -0.2) is 14.7 Å². The molecule has 2 aromatic rings. The molecule has 2 aromatic heterocycles. The molecule has 0 saturated heterocycles. The summed E-state index contributed by atoms with van der Waals surface area (Å²) >= 11 is 5.88. The van der Waals surface area contributed by atoms with Crippen molar-refractivity contribution in [2.75, 3.05) is 0 Å². The van der Waals surface area contributed by atoms with E-state index in [9.17, 15) is 9.90 Å². The predicted octanol–water partition coefficient (Wildman–Crippen LogP) is 2.46. The molecule has 0 unspecified atom stereocenters. The largest absolute Gasteiger partial charge is 0.508 e. The molecule has 0 atom stereocenters. The lowest BCUT2D eigenvalue weighted by atomic mass is 10.1. The number of aromatic nitrogens is 2. The van der Waals surface area contributed by atoms with Crippen molar-refractivity contribution in [2.45, 2.75) is 20.3 Å². The monoisotopic (exact) mass is 264 g/mol. The van der Waals surface area contributed by atoms with Gasteiger partial charge in [0.15, 0.2) is 0 Å². The molecule has 2 rings (SSSR count). The smallest absolute Gasteiger partial charge is 0.258 e. The van der Waals surface area contributed by atoms with E-state index in [1.807, 2.05) is 6.92 Å². The van der Waals surface area contributed by atoms with Crippen LogP contribution in [-0.2, 0) is 6.42 Å². The van der Waals surface area contributed by atoms with Crippen LogP contribution in [0.5, 0.6) is 5.75 Å². The fourth-order valence-corrected chi connectivity index (χ4v) is 2.08. The van der Waals surface area contributed by atoms with Crippen LogP contribution in [0.1, 0.15) is 18.2 Å². The van der Waals surface area contributed by atoms with Gasteiger partial charge in [0.2, 0.25) is 0 Å². The van der Waals surface area contributed by atoms with E-state index in [0.717, 1.165) is 12.0 Å². The summed E-state index contributed by atoms with van der Waals surface area (Å²) in [4.78, 5) is 16.0. The van der Waals surface area contributed by atoms with Gasteiger partial charge >= 0.3 is 0 Å². The first-order chi connectivity index (χ1) is 8.52. The SMILES string of the molecule is CCc1cnc(Cl)cc1-n1c(C)cc(O)cc1=O. The Labute approximate surface area is 109 Å². The van der Waals surface area contributed by atoms with Gasteiger partial charge in [-0.05, 0) is 31.0 Å². The molecule has 1 N–H and O–H groups in total. The van der Waals surface area contributed by atoms with Crippen molar-refractivity contribution < 1.29 is 5.11 Å². The molecular formula is C13H13ClN2O2. The van der Waals surface area contributed by atoms with Gasteiger partial charge in [0, 0.05) is 18.0 Å². The lowest BCUT2D eigenvalue weighted by Gasteiger charge is -2.13. The average Bonchev–Trinajstić information content (AvgIpc) is 2.28. The van der Waals surface area contributed by atoms with E-state index in [1.165, 1.54) is 16.7 Å². The Morgan fingerprint density at radius 3 is 2.72 bits per heavy atom. The first kappa shape index (κ1) is 12.6. The Morgan fingerprint density at radius 2 is 2.11 bits per heavy atom. The van der Waals surface area contributed by atoms with Gasteiger partial charge in [-0.3, -0.25) is 9.36 Å². The average molecular weight is 265 g/mol. The molecule has 0 bridgehead atoms. The minimum absolute atomic E-state index is 0.0352. The Kier molecular flexibility index (Phi) is 3.39. The summed E-state index contributed by atoms with van der Waals surface area (Å²) in [7, 11) is 0. The molecule has 94 valence electrons. The number of nitrogens with zero attached hydrogens (tertiary/aromatic N) is 2. The number of hydrogen-bond acceptors (Lipinski definition) is 3. The van der Waals surface area contributed by atoms with Crippen molar-refractivity contribution in [3.05, 3.63) is 51.2 Å². The van der Waals surface area contributed by atoms with Crippen LogP contribution in [0.2, 0.25) is 5.15 Å². The number of hydrogen-bond donors (Lipinski definition) is 1. The number of aromatic hydroxyl groups is 1. The molecular weight excluding hydrogens is 252 g/mol. The molecule has 0 spiro atoms. The summed E-state index contributed by atoms with van der Waals surface area (Å²) < 4.78 is 1.52. The lowest BCUT2D eigenvalue weighted by Crippen LogP contribution is -2.20. The summed E-state index contributed by atoms with van der Waals surface area (Å²) in [6.07, 6.45) is 2.41. The molecule has 0 aliphatic heterocycles. The quantitative estimate of drug-likeness (QED) is 0.848. The highest BCUT2D eigenvalue weighted by Crippen LogP contribution is 2.19. The van der Waals surface area contributed by atoms with Crippen LogP contribution in [0.15, 0.2) is 29.2 Å². The minimum atomic E-state index is -0.288. The number of pyridine rings is 2. The molecule has 0 aliphatic carbocycles. The molecule has 0 radical (unpaired) electrons. The molecule has 0 aromatic carbocycles. The first-order valence-corrected chi connectivity index (χ1v) is 5.98. The van der Waals surface area contributed by atoms with Crippen molar-refractivity contribution in [3.8, 4) is 11.4 Å². The van der Waals surface area contributed by atoms with Gasteiger partial charge < -0.3 is 5.11 Å². The molecule has 5 heteroatoms. The van der Waals surface area contributed by atoms with E-state index < -0.39 is 0 Å². The van der Waals surface area contributed by atoms with Crippen molar-refractivity contribution >= 4 is 11.6 Å². The van der Waals surface area contributed by atoms with Gasteiger partial charge in [-0.15, -0.1) is 0 Å². The van der Waals surface area contributed by atoms with Crippen LogP contribution in [0, 0.1) is 6.92 Å². The third kappa shape index (κ3) is 2.24. The molecule has 0 aliphatic rings. The van der Waals surface area contributed by atoms with Gasteiger partial charge in [-0.2, -0.15) is 0 Å². The van der Waals surface area contributed by atoms with E-state index in [0.29, 0.717) is 16.5 Å². The second-order valence-corrected chi connectivity index (χ2v) is 4.41. The maximum absolute atomic E-state index is 12.0. The van der Waals surface area contributed by atoms with Crippen molar-refractivity contribution in [3.63, 3.8) is 0 Å². The molecule has 0 fully saturated rings. The zero-order chi connectivity index (χ0) is 13.3. The summed E-state index contributed by atoms with van der Waals surface area (Å²) in [5.41, 5.74) is 2.00. The van der Waals surface area contributed by atoms with E-state index in [-0.39, 0.29) is 11.3 Å². The Morgan fingerprint density at radius 1 is 1.39 bits per heavy atom. The van der Waals surface area contributed by atoms with Crippen molar-refractivity contribution in [1.82, 2.24) is 9.55 Å². The van der Waals surface area contributed by atoms with E-state index in [2.05, 4.69) is 4.98 Å². The second kappa shape index (κ2) is 4.82. The van der Waals surface area contributed by atoms with Crippen LogP contribution in [0.25, 0.3) is 5.69 Å². The highest BCUT2D eigenvalue weighted by molar-refractivity contribution is 6.29. The van der Waals surface area contributed by atoms with Gasteiger partial charge in [0.1, 0.15) is 10.9 Å². The summed E-state index contributed by atoms with van der Waals surface area (Å²) in [5.74, 6) is -0.0352. The predicted molar refractivity (Wildman–Crippen MR) is 70.6 cm³/mol. The minimum Gasteiger partial charge on any atom is -0.508 e. The molecule has 0 amide bonds. The Balaban J connectivity index is 2.76. The zero-order valence-corrected chi connectivity index (χ0v) is 10.9. The van der Waals surface area contributed by atoms with Crippen LogP contribution in [0.4, 0.5) is 0 Å². The lowest BCUT2D eigenvalue weighted by molar-refractivity contribution is 0.472. The second-order valence-electron chi connectivity index (χ2n) is 4.02. The van der Waals surface area contributed by atoms with Gasteiger partial charge in [-0.25, -0.2) is 4.98 Å². The maximum Gasteiger partial charge on any atom is 0.258 e. The van der Waals surface area contributed by atoms with Crippen molar-refractivity contribution in [2.24, 2.45) is 0 Å². The number of halogens is 1. The number of rotatable bonds is 2. The van der Waals surface area contributed by atoms with Crippen molar-refractivity contribution in [1.29, 1.82) is 0 Å². The van der Waals surface area contributed by atoms with E-state index in [1.54, 1.807) is 19.2 Å². The maximum atomic E-state index is 12.0. The fraction of sp³-hybridized carbons (Fsp3) is 0.231. The van der Waals surface area contributed by atoms with Crippen LogP contribution in [0.3, 0.4) is 0 Å². The van der Waals surface area contributed by atoms with E-state index >= 15 is 0 Å². The van der Waals surface area contributed by atoms with E-state index in [4.69, 9.17) is 11.6 Å². The first-order valence-electron chi connectivity index (χ1n) is 5.60. The normalized spacial score (nSPS) is 10.6. The standard InChI is InChI=1S/C13H13ClN2O2/c1-3-9-7-15-12(14)6-11(9)16-8(2)4-10(17)5-13(16)18/h4-7,17H,3H2,1-2H3. The summed E-state index contributed by atoms with van der Waals surface area (Å²) in [6.45, 7) is 3.74. The summed E-state index contributed by atoms with van der Waals surface area (Å²) in [5, 5.41) is 9.73. The van der Waals surface area contributed by atoms with Gasteiger partial charge in [0.05, 0.1) is 5.69 Å². The fourth-order valence-electron chi connectivity index (χ4n) is 1.92. The molecule has 0 saturated carbocycles. The highest BCUT2D eigenvalue weighted by atomic mass is 35.5. The van der Waals surface area contributed by atoms with Crippen LogP contribution >= 0.6 is 11.6 Å². The highest BCUT2D eigenvalue weighted by Gasteiger charge is 2.10. The number of aryl methyl sites for hydroxylation is 2. The Bertz CT molecular complexity index is 650. The Hall–Kier alpha value is -1.81. The van der Waals surface area contributed by atoms with Gasteiger partial charge in [0.25, 0.3) is 5.56 Å². The zero-order valence-electron chi connectivity index (χ0n) is 10.1. The topological polar surface area (TPSA) is 55.1 Å².